The van der Waals surface area contributed by atoms with Crippen molar-refractivity contribution in [1.82, 2.24) is 0 Å². The number of nitrogens with zero attached hydrogens (tertiary/aromatic N) is 2. The van der Waals surface area contributed by atoms with E-state index in [2.05, 4.69) is 4.74 Å². The Morgan fingerprint density at radius 3 is 2.73 bits per heavy atom. The number of esters is 1. The number of amides is 1. The van der Waals surface area contributed by atoms with Crippen LogP contribution in [0.3, 0.4) is 0 Å². The second kappa shape index (κ2) is 6.49. The number of carbonyl (C=O) groups is 2. The lowest BCUT2D eigenvalue weighted by Gasteiger charge is -2.19. The van der Waals surface area contributed by atoms with Crippen LogP contribution in [-0.4, -0.2) is 31.8 Å². The van der Waals surface area contributed by atoms with Crippen molar-refractivity contribution in [2.75, 3.05) is 24.9 Å². The molecule has 0 saturated carbocycles. The van der Waals surface area contributed by atoms with Crippen LogP contribution in [0.4, 0.5) is 10.1 Å². The van der Waals surface area contributed by atoms with E-state index in [0.29, 0.717) is 5.75 Å². The van der Waals surface area contributed by atoms with Gasteiger partial charge in [-0.2, -0.15) is 5.26 Å². The molecule has 114 valence electrons. The highest BCUT2D eigenvalue weighted by molar-refractivity contribution is 8.04. The summed E-state index contributed by atoms with van der Waals surface area (Å²) in [5, 5.41) is 9.18. The summed E-state index contributed by atoms with van der Waals surface area (Å²) in [7, 11) is 2.52. The maximum absolute atomic E-state index is 14.2. The Bertz CT molecular complexity index is 711. The summed E-state index contributed by atoms with van der Waals surface area (Å²) in [4.78, 5) is 24.7. The van der Waals surface area contributed by atoms with Crippen molar-refractivity contribution >= 4 is 29.3 Å². The normalized spacial score (nSPS) is 16.3. The van der Waals surface area contributed by atoms with Crippen molar-refractivity contribution in [2.45, 2.75) is 0 Å². The first kappa shape index (κ1) is 15.9. The zero-order valence-electron chi connectivity index (χ0n) is 11.8. The summed E-state index contributed by atoms with van der Waals surface area (Å²) in [5.41, 5.74) is -0.393. The summed E-state index contributed by atoms with van der Waals surface area (Å²) in [6.07, 6.45) is 0. The van der Waals surface area contributed by atoms with Crippen molar-refractivity contribution in [1.29, 1.82) is 5.26 Å². The topological polar surface area (TPSA) is 79.6 Å². The lowest BCUT2D eigenvalue weighted by atomic mass is 10.2. The Kier molecular flexibility index (Phi) is 4.68. The van der Waals surface area contributed by atoms with Gasteiger partial charge in [0, 0.05) is 6.07 Å². The summed E-state index contributed by atoms with van der Waals surface area (Å²) >= 11 is 0.983. The van der Waals surface area contributed by atoms with E-state index in [1.54, 1.807) is 6.07 Å². The molecule has 1 aromatic carbocycles. The molecule has 1 amide bonds. The third kappa shape index (κ3) is 2.76. The van der Waals surface area contributed by atoms with Crippen LogP contribution >= 0.6 is 11.8 Å². The molecule has 0 bridgehead atoms. The predicted molar refractivity (Wildman–Crippen MR) is 77.6 cm³/mol. The molecule has 1 saturated heterocycles. The van der Waals surface area contributed by atoms with Gasteiger partial charge in [0.25, 0.3) is 0 Å². The van der Waals surface area contributed by atoms with Gasteiger partial charge in [0.05, 0.1) is 25.7 Å². The number of anilines is 1. The smallest absolute Gasteiger partial charge is 0.351 e. The number of hydrogen-bond acceptors (Lipinski definition) is 6. The lowest BCUT2D eigenvalue weighted by molar-refractivity contribution is -0.135. The molecule has 0 spiro atoms. The molecule has 6 nitrogen and oxygen atoms in total. The number of hydrogen-bond donors (Lipinski definition) is 0. The van der Waals surface area contributed by atoms with Gasteiger partial charge in [-0.25, -0.2) is 9.18 Å². The Balaban J connectivity index is 2.56. The number of thioether (sulfide) groups is 1. The van der Waals surface area contributed by atoms with Crippen LogP contribution < -0.4 is 9.64 Å². The molecule has 8 heteroatoms. The SMILES string of the molecule is COC(=O)/C(C#N)=C1\SCC(=O)N1c1ccc(OC)cc1F. The van der Waals surface area contributed by atoms with E-state index in [0.717, 1.165) is 29.8 Å². The highest BCUT2D eigenvalue weighted by Gasteiger charge is 2.35. The van der Waals surface area contributed by atoms with Crippen LogP contribution in [0.2, 0.25) is 0 Å². The first-order chi connectivity index (χ1) is 10.5. The zero-order chi connectivity index (χ0) is 16.3. The Hall–Kier alpha value is -2.53. The quantitative estimate of drug-likeness (QED) is 0.480. The van der Waals surface area contributed by atoms with Gasteiger partial charge in [-0.05, 0) is 12.1 Å². The molecule has 1 fully saturated rings. The number of methoxy groups -OCH3 is 2. The molecular weight excluding hydrogens is 311 g/mol. The van der Waals surface area contributed by atoms with E-state index in [4.69, 9.17) is 10.00 Å². The van der Waals surface area contributed by atoms with E-state index in [9.17, 15) is 14.0 Å². The Morgan fingerprint density at radius 1 is 1.45 bits per heavy atom. The van der Waals surface area contributed by atoms with E-state index >= 15 is 0 Å². The highest BCUT2D eigenvalue weighted by Crippen LogP contribution is 2.38. The van der Waals surface area contributed by atoms with Crippen molar-refractivity contribution in [3.63, 3.8) is 0 Å². The highest BCUT2D eigenvalue weighted by atomic mass is 32.2. The summed E-state index contributed by atoms with van der Waals surface area (Å²) in [6.45, 7) is 0. The van der Waals surface area contributed by atoms with Crippen LogP contribution in [-0.2, 0) is 14.3 Å². The number of benzene rings is 1. The maximum Gasteiger partial charge on any atom is 0.351 e. The molecule has 1 aliphatic rings. The third-order valence-electron chi connectivity index (χ3n) is 2.90. The minimum absolute atomic E-state index is 0.00295. The minimum Gasteiger partial charge on any atom is -0.497 e. The first-order valence-electron chi connectivity index (χ1n) is 6.05. The van der Waals surface area contributed by atoms with Gasteiger partial charge in [-0.15, -0.1) is 0 Å². The second-order valence-electron chi connectivity index (χ2n) is 4.12. The number of rotatable bonds is 3. The predicted octanol–water partition coefficient (Wildman–Crippen LogP) is 1.82. The largest absolute Gasteiger partial charge is 0.497 e. The van der Waals surface area contributed by atoms with E-state index in [1.807, 2.05) is 0 Å². The summed E-state index contributed by atoms with van der Waals surface area (Å²) in [5.74, 6) is -1.71. The van der Waals surface area contributed by atoms with Crippen molar-refractivity contribution in [2.24, 2.45) is 0 Å². The molecule has 1 heterocycles. The molecule has 0 radical (unpaired) electrons. The van der Waals surface area contributed by atoms with Gasteiger partial charge in [-0.1, -0.05) is 11.8 Å². The van der Waals surface area contributed by atoms with Crippen LogP contribution in [0.25, 0.3) is 0 Å². The van der Waals surface area contributed by atoms with Crippen molar-refractivity contribution in [3.8, 4) is 11.8 Å². The molecular formula is C14H11FN2O4S. The average Bonchev–Trinajstić information content (AvgIpc) is 2.89. The third-order valence-corrected chi connectivity index (χ3v) is 3.95. The van der Waals surface area contributed by atoms with Crippen molar-refractivity contribution in [3.05, 3.63) is 34.6 Å². The van der Waals surface area contributed by atoms with Gasteiger partial charge in [0.1, 0.15) is 16.8 Å². The fraction of sp³-hybridized carbons (Fsp3) is 0.214. The van der Waals surface area contributed by atoms with Crippen LogP contribution in [0.15, 0.2) is 28.8 Å². The van der Waals surface area contributed by atoms with E-state index in [1.165, 1.54) is 19.2 Å². The lowest BCUT2D eigenvalue weighted by Crippen LogP contribution is -2.26. The Labute approximate surface area is 130 Å². The number of carbonyl (C=O) groups excluding carboxylic acids is 2. The molecule has 0 unspecified atom stereocenters. The van der Waals surface area contributed by atoms with E-state index < -0.39 is 17.7 Å². The summed E-state index contributed by atoms with van der Waals surface area (Å²) < 4.78 is 23.6. The zero-order valence-corrected chi connectivity index (χ0v) is 12.6. The average molecular weight is 322 g/mol. The van der Waals surface area contributed by atoms with Crippen molar-refractivity contribution < 1.29 is 23.5 Å². The van der Waals surface area contributed by atoms with Gasteiger partial charge in [-0.3, -0.25) is 9.69 Å². The second-order valence-corrected chi connectivity index (χ2v) is 5.08. The van der Waals surface area contributed by atoms with Gasteiger partial charge in [0.15, 0.2) is 11.4 Å². The van der Waals surface area contributed by atoms with Gasteiger partial charge in [0.2, 0.25) is 5.91 Å². The Morgan fingerprint density at radius 2 is 2.18 bits per heavy atom. The molecule has 0 N–H and O–H groups in total. The van der Waals surface area contributed by atoms with Crippen LogP contribution in [0, 0.1) is 17.1 Å². The fourth-order valence-corrected chi connectivity index (χ4v) is 2.87. The molecule has 1 aliphatic heterocycles. The minimum atomic E-state index is -0.876. The maximum atomic E-state index is 14.2. The van der Waals surface area contributed by atoms with E-state index in [-0.39, 0.29) is 22.0 Å². The molecule has 0 aromatic heterocycles. The van der Waals surface area contributed by atoms with Crippen LogP contribution in [0.1, 0.15) is 0 Å². The van der Waals surface area contributed by atoms with Gasteiger partial charge >= 0.3 is 5.97 Å². The standard InChI is InChI=1S/C14H11FN2O4S/c1-20-8-3-4-11(10(15)5-8)17-12(18)7-22-13(17)9(6-16)14(19)21-2/h3-5H,7H2,1-2H3/b13-9-. The number of ether oxygens (including phenoxy) is 2. The molecule has 1 aromatic rings. The molecule has 0 atom stereocenters. The first-order valence-corrected chi connectivity index (χ1v) is 7.04. The fourth-order valence-electron chi connectivity index (χ4n) is 1.88. The number of halogens is 1. The van der Waals surface area contributed by atoms with Gasteiger partial charge < -0.3 is 9.47 Å². The number of nitriles is 1. The molecule has 0 aliphatic carbocycles. The monoisotopic (exact) mass is 322 g/mol. The van der Waals surface area contributed by atoms with Crippen LogP contribution in [0.5, 0.6) is 5.75 Å². The molecule has 22 heavy (non-hydrogen) atoms. The molecule has 2 rings (SSSR count). The summed E-state index contributed by atoms with van der Waals surface area (Å²) in [6, 6.07) is 5.65.